The van der Waals surface area contributed by atoms with Crippen molar-refractivity contribution in [3.8, 4) is 17.1 Å². The molecule has 0 aliphatic carbocycles. The van der Waals surface area contributed by atoms with Crippen molar-refractivity contribution in [2.45, 2.75) is 39.0 Å². The van der Waals surface area contributed by atoms with Crippen molar-refractivity contribution in [2.75, 3.05) is 0 Å². The SMILES string of the molecule is CCCCCc1cnc(-c2ccc(OC(F)(F)F)cc2)nc1. The molecule has 118 valence electrons. The topological polar surface area (TPSA) is 35.0 Å². The van der Waals surface area contributed by atoms with Gasteiger partial charge in [0.05, 0.1) is 0 Å². The van der Waals surface area contributed by atoms with Crippen LogP contribution < -0.4 is 4.74 Å². The molecule has 0 radical (unpaired) electrons. The maximum absolute atomic E-state index is 12.1. The van der Waals surface area contributed by atoms with Gasteiger partial charge >= 0.3 is 6.36 Å². The first kappa shape index (κ1) is 16.3. The fourth-order valence-corrected chi connectivity index (χ4v) is 2.02. The second-order valence-electron chi connectivity index (χ2n) is 4.94. The van der Waals surface area contributed by atoms with Crippen LogP contribution in [0.4, 0.5) is 13.2 Å². The summed E-state index contributed by atoms with van der Waals surface area (Å²) in [4.78, 5) is 8.52. The van der Waals surface area contributed by atoms with Gasteiger partial charge in [0, 0.05) is 18.0 Å². The molecule has 0 atom stereocenters. The summed E-state index contributed by atoms with van der Waals surface area (Å²) in [5, 5.41) is 0. The second-order valence-corrected chi connectivity index (χ2v) is 4.94. The van der Waals surface area contributed by atoms with E-state index >= 15 is 0 Å². The van der Waals surface area contributed by atoms with Crippen LogP contribution in [0.3, 0.4) is 0 Å². The number of halogens is 3. The summed E-state index contributed by atoms with van der Waals surface area (Å²) < 4.78 is 40.1. The van der Waals surface area contributed by atoms with Gasteiger partial charge in [0.25, 0.3) is 0 Å². The van der Waals surface area contributed by atoms with Gasteiger partial charge in [-0.1, -0.05) is 19.8 Å². The van der Waals surface area contributed by atoms with E-state index in [1.54, 1.807) is 12.4 Å². The molecule has 3 nitrogen and oxygen atoms in total. The highest BCUT2D eigenvalue weighted by molar-refractivity contribution is 5.55. The van der Waals surface area contributed by atoms with Gasteiger partial charge in [-0.05, 0) is 42.7 Å². The molecule has 0 saturated heterocycles. The van der Waals surface area contributed by atoms with Crippen LogP contribution in [0.1, 0.15) is 31.7 Å². The van der Waals surface area contributed by atoms with Gasteiger partial charge in [-0.15, -0.1) is 13.2 Å². The van der Waals surface area contributed by atoms with Crippen molar-refractivity contribution in [1.29, 1.82) is 0 Å². The summed E-state index contributed by atoms with van der Waals surface area (Å²) >= 11 is 0. The maximum Gasteiger partial charge on any atom is 0.573 e. The van der Waals surface area contributed by atoms with Crippen LogP contribution in [0.5, 0.6) is 5.75 Å². The number of ether oxygens (including phenoxy) is 1. The Kier molecular flexibility index (Phi) is 5.35. The number of rotatable bonds is 6. The van der Waals surface area contributed by atoms with Crippen LogP contribution in [0.15, 0.2) is 36.7 Å². The van der Waals surface area contributed by atoms with E-state index in [4.69, 9.17) is 0 Å². The highest BCUT2D eigenvalue weighted by Gasteiger charge is 2.30. The van der Waals surface area contributed by atoms with Crippen molar-refractivity contribution in [3.63, 3.8) is 0 Å². The molecule has 1 aromatic carbocycles. The average Bonchev–Trinajstić information content (AvgIpc) is 2.48. The van der Waals surface area contributed by atoms with Crippen LogP contribution in [0.2, 0.25) is 0 Å². The smallest absolute Gasteiger partial charge is 0.406 e. The lowest BCUT2D eigenvalue weighted by atomic mass is 10.1. The Labute approximate surface area is 127 Å². The minimum atomic E-state index is -4.68. The van der Waals surface area contributed by atoms with Gasteiger partial charge in [-0.3, -0.25) is 0 Å². The fourth-order valence-electron chi connectivity index (χ4n) is 2.02. The summed E-state index contributed by atoms with van der Waals surface area (Å²) in [6.45, 7) is 2.14. The number of hydrogen-bond donors (Lipinski definition) is 0. The summed E-state index contributed by atoms with van der Waals surface area (Å²) in [6, 6.07) is 5.52. The number of alkyl halides is 3. The molecule has 0 saturated carbocycles. The molecule has 0 aliphatic rings. The van der Waals surface area contributed by atoms with Crippen molar-refractivity contribution in [2.24, 2.45) is 0 Å². The molecular formula is C16H17F3N2O. The summed E-state index contributed by atoms with van der Waals surface area (Å²) in [5.41, 5.74) is 1.71. The minimum absolute atomic E-state index is 0.257. The van der Waals surface area contributed by atoms with E-state index in [2.05, 4.69) is 21.6 Å². The third kappa shape index (κ3) is 5.02. The fraction of sp³-hybridized carbons (Fsp3) is 0.375. The highest BCUT2D eigenvalue weighted by Crippen LogP contribution is 2.25. The summed E-state index contributed by atoms with van der Waals surface area (Å²) in [5.74, 6) is 0.227. The third-order valence-electron chi connectivity index (χ3n) is 3.12. The van der Waals surface area contributed by atoms with Gasteiger partial charge in [-0.25, -0.2) is 9.97 Å². The zero-order valence-corrected chi connectivity index (χ0v) is 12.2. The zero-order valence-electron chi connectivity index (χ0n) is 12.2. The number of benzene rings is 1. The molecule has 0 bridgehead atoms. The standard InChI is InChI=1S/C16H17F3N2O/c1-2-3-4-5-12-10-20-15(21-11-12)13-6-8-14(9-7-13)22-16(17,18)19/h6-11H,2-5H2,1H3. The molecule has 0 amide bonds. The number of nitrogens with zero attached hydrogens (tertiary/aromatic N) is 2. The van der Waals surface area contributed by atoms with Crippen molar-refractivity contribution in [1.82, 2.24) is 9.97 Å². The predicted molar refractivity (Wildman–Crippen MR) is 77.4 cm³/mol. The van der Waals surface area contributed by atoms with E-state index in [9.17, 15) is 13.2 Å². The summed E-state index contributed by atoms with van der Waals surface area (Å²) in [7, 11) is 0. The monoisotopic (exact) mass is 310 g/mol. The van der Waals surface area contributed by atoms with Gasteiger partial charge < -0.3 is 4.74 Å². The predicted octanol–water partition coefficient (Wildman–Crippen LogP) is 4.77. The molecule has 1 aromatic heterocycles. The van der Waals surface area contributed by atoms with Gasteiger partial charge in [0.2, 0.25) is 0 Å². The van der Waals surface area contributed by atoms with Crippen molar-refractivity contribution in [3.05, 3.63) is 42.2 Å². The molecule has 0 spiro atoms. The Morgan fingerprint density at radius 3 is 2.18 bits per heavy atom. The summed E-state index contributed by atoms with van der Waals surface area (Å²) in [6.07, 6.45) is 3.21. The number of aromatic nitrogens is 2. The Balaban J connectivity index is 2.02. The Morgan fingerprint density at radius 1 is 1.00 bits per heavy atom. The lowest BCUT2D eigenvalue weighted by Gasteiger charge is -2.09. The van der Waals surface area contributed by atoms with E-state index in [0.717, 1.165) is 24.8 Å². The first-order chi connectivity index (χ1) is 10.5. The van der Waals surface area contributed by atoms with E-state index < -0.39 is 6.36 Å². The molecule has 0 aliphatic heterocycles. The second kappa shape index (κ2) is 7.24. The normalized spacial score (nSPS) is 11.5. The van der Waals surface area contributed by atoms with Crippen LogP contribution >= 0.6 is 0 Å². The van der Waals surface area contributed by atoms with Crippen LogP contribution in [-0.2, 0) is 6.42 Å². The molecule has 0 fully saturated rings. The Hall–Kier alpha value is -2.11. The third-order valence-corrected chi connectivity index (χ3v) is 3.12. The first-order valence-electron chi connectivity index (χ1n) is 7.15. The number of aryl methyl sites for hydroxylation is 1. The van der Waals surface area contributed by atoms with Crippen LogP contribution in [0, 0.1) is 0 Å². The number of hydrogen-bond acceptors (Lipinski definition) is 3. The molecule has 2 aromatic rings. The molecular weight excluding hydrogens is 293 g/mol. The van der Waals surface area contributed by atoms with Crippen molar-refractivity contribution >= 4 is 0 Å². The van der Waals surface area contributed by atoms with Crippen LogP contribution in [0.25, 0.3) is 11.4 Å². The molecule has 2 rings (SSSR count). The number of unbranched alkanes of at least 4 members (excludes halogenated alkanes) is 2. The molecule has 0 unspecified atom stereocenters. The Bertz CT molecular complexity index is 580. The van der Waals surface area contributed by atoms with Gasteiger partial charge in [0.15, 0.2) is 5.82 Å². The van der Waals surface area contributed by atoms with Crippen molar-refractivity contribution < 1.29 is 17.9 Å². The van der Waals surface area contributed by atoms with Crippen LogP contribution in [-0.4, -0.2) is 16.3 Å². The Morgan fingerprint density at radius 2 is 1.64 bits per heavy atom. The lowest BCUT2D eigenvalue weighted by molar-refractivity contribution is -0.274. The van der Waals surface area contributed by atoms with E-state index in [1.807, 2.05) is 0 Å². The van der Waals surface area contributed by atoms with E-state index in [0.29, 0.717) is 11.4 Å². The van der Waals surface area contributed by atoms with Gasteiger partial charge in [0.1, 0.15) is 5.75 Å². The lowest BCUT2D eigenvalue weighted by Crippen LogP contribution is -2.16. The highest BCUT2D eigenvalue weighted by atomic mass is 19.4. The van der Waals surface area contributed by atoms with E-state index in [-0.39, 0.29) is 5.75 Å². The quantitative estimate of drug-likeness (QED) is 0.721. The molecule has 0 N–H and O–H groups in total. The molecule has 6 heteroatoms. The van der Waals surface area contributed by atoms with Gasteiger partial charge in [-0.2, -0.15) is 0 Å². The molecule has 1 heterocycles. The first-order valence-corrected chi connectivity index (χ1v) is 7.15. The average molecular weight is 310 g/mol. The zero-order chi connectivity index (χ0) is 16.0. The molecule has 22 heavy (non-hydrogen) atoms. The minimum Gasteiger partial charge on any atom is -0.406 e. The van der Waals surface area contributed by atoms with E-state index in [1.165, 1.54) is 30.7 Å². The largest absolute Gasteiger partial charge is 0.573 e. The maximum atomic E-state index is 12.1.